The maximum Gasteiger partial charge on any atom is 0.411 e. The lowest BCUT2D eigenvalue weighted by Crippen LogP contribution is -2.31. The first-order chi connectivity index (χ1) is 9.19. The van der Waals surface area contributed by atoms with Gasteiger partial charge in [0.25, 0.3) is 11.6 Å². The predicted molar refractivity (Wildman–Crippen MR) is 63.2 cm³/mol. The predicted octanol–water partition coefficient (Wildman–Crippen LogP) is 2.50. The average molecular weight is 292 g/mol. The molecule has 0 fully saturated rings. The summed E-state index contributed by atoms with van der Waals surface area (Å²) in [6, 6.07) is 5.03. The van der Waals surface area contributed by atoms with E-state index in [1.165, 1.54) is 18.2 Å². The SMILES string of the molecule is CC(OCC(F)(F)F)C(=O)Nc1cccc([N+](=O)[O-])c1. The number of nitrogens with zero attached hydrogens (tertiary/aromatic N) is 1. The van der Waals surface area contributed by atoms with Gasteiger partial charge in [-0.25, -0.2) is 0 Å². The van der Waals surface area contributed by atoms with Gasteiger partial charge in [0.15, 0.2) is 0 Å². The van der Waals surface area contributed by atoms with E-state index in [9.17, 15) is 28.1 Å². The van der Waals surface area contributed by atoms with Gasteiger partial charge in [-0.05, 0) is 13.0 Å². The Labute approximate surface area is 111 Å². The van der Waals surface area contributed by atoms with E-state index in [4.69, 9.17) is 0 Å². The second kappa shape index (κ2) is 6.33. The molecule has 0 saturated heterocycles. The lowest BCUT2D eigenvalue weighted by molar-refractivity contribution is -0.384. The van der Waals surface area contributed by atoms with E-state index in [1.807, 2.05) is 0 Å². The number of nitro groups is 1. The molecule has 0 aromatic heterocycles. The second-order valence-electron chi connectivity index (χ2n) is 3.87. The molecule has 110 valence electrons. The van der Waals surface area contributed by atoms with E-state index < -0.39 is 29.7 Å². The summed E-state index contributed by atoms with van der Waals surface area (Å²) in [5, 5.41) is 12.8. The smallest absolute Gasteiger partial charge is 0.359 e. The molecule has 0 radical (unpaired) electrons. The van der Waals surface area contributed by atoms with Crippen LogP contribution in [0.3, 0.4) is 0 Å². The van der Waals surface area contributed by atoms with Crippen molar-refractivity contribution < 1.29 is 27.6 Å². The van der Waals surface area contributed by atoms with Gasteiger partial charge in [-0.1, -0.05) is 6.07 Å². The summed E-state index contributed by atoms with van der Waals surface area (Å²) in [6.07, 6.45) is -5.86. The van der Waals surface area contributed by atoms with Gasteiger partial charge in [0.05, 0.1) is 4.92 Å². The third kappa shape index (κ3) is 5.22. The monoisotopic (exact) mass is 292 g/mol. The van der Waals surface area contributed by atoms with Crippen LogP contribution in [0, 0.1) is 10.1 Å². The number of halogens is 3. The number of hydrogen-bond acceptors (Lipinski definition) is 4. The Bertz CT molecular complexity index is 505. The van der Waals surface area contributed by atoms with E-state index in [0.29, 0.717) is 0 Å². The molecule has 1 amide bonds. The van der Waals surface area contributed by atoms with Gasteiger partial charge in [-0.3, -0.25) is 14.9 Å². The molecule has 0 saturated carbocycles. The summed E-state index contributed by atoms with van der Waals surface area (Å²) < 4.78 is 40.1. The molecule has 9 heteroatoms. The van der Waals surface area contributed by atoms with Gasteiger partial charge in [-0.15, -0.1) is 0 Å². The summed E-state index contributed by atoms with van der Waals surface area (Å²) in [4.78, 5) is 21.4. The maximum absolute atomic E-state index is 11.9. The first-order valence-corrected chi connectivity index (χ1v) is 5.43. The van der Waals surface area contributed by atoms with E-state index in [0.717, 1.165) is 13.0 Å². The Morgan fingerprint density at radius 2 is 2.15 bits per heavy atom. The van der Waals surface area contributed by atoms with E-state index in [2.05, 4.69) is 10.1 Å². The molecule has 0 aliphatic rings. The molecule has 0 spiro atoms. The summed E-state index contributed by atoms with van der Waals surface area (Å²) >= 11 is 0. The molecule has 0 aliphatic heterocycles. The Kier molecular flexibility index (Phi) is 5.03. The van der Waals surface area contributed by atoms with Crippen molar-refractivity contribution in [3.05, 3.63) is 34.4 Å². The minimum atomic E-state index is -4.53. The van der Waals surface area contributed by atoms with Crippen molar-refractivity contribution in [2.75, 3.05) is 11.9 Å². The van der Waals surface area contributed by atoms with E-state index in [-0.39, 0.29) is 11.4 Å². The number of anilines is 1. The van der Waals surface area contributed by atoms with Crippen LogP contribution in [0.25, 0.3) is 0 Å². The number of carbonyl (C=O) groups excluding carboxylic acids is 1. The third-order valence-electron chi connectivity index (χ3n) is 2.19. The van der Waals surface area contributed by atoms with E-state index in [1.54, 1.807) is 0 Å². The van der Waals surface area contributed by atoms with Crippen LogP contribution >= 0.6 is 0 Å². The van der Waals surface area contributed by atoms with Crippen molar-refractivity contribution >= 4 is 17.3 Å². The highest BCUT2D eigenvalue weighted by molar-refractivity contribution is 5.94. The molecular weight excluding hydrogens is 281 g/mol. The van der Waals surface area contributed by atoms with Gasteiger partial charge >= 0.3 is 6.18 Å². The molecule has 1 aromatic rings. The summed E-state index contributed by atoms with van der Waals surface area (Å²) in [7, 11) is 0. The maximum atomic E-state index is 11.9. The van der Waals surface area contributed by atoms with Gasteiger partial charge in [-0.2, -0.15) is 13.2 Å². The number of nitrogens with one attached hydrogen (secondary N) is 1. The van der Waals surface area contributed by atoms with Crippen molar-refractivity contribution in [1.82, 2.24) is 0 Å². The highest BCUT2D eigenvalue weighted by Gasteiger charge is 2.29. The number of alkyl halides is 3. The highest BCUT2D eigenvalue weighted by Crippen LogP contribution is 2.18. The molecule has 1 atom stereocenters. The van der Waals surface area contributed by atoms with Gasteiger partial charge < -0.3 is 10.1 Å². The second-order valence-corrected chi connectivity index (χ2v) is 3.87. The van der Waals surface area contributed by atoms with Crippen LogP contribution in [-0.4, -0.2) is 29.7 Å². The molecule has 1 N–H and O–H groups in total. The zero-order valence-corrected chi connectivity index (χ0v) is 10.3. The normalized spacial score (nSPS) is 12.8. The number of benzene rings is 1. The average Bonchev–Trinajstić information content (AvgIpc) is 2.35. The Hall–Kier alpha value is -2.16. The number of hydrogen-bond donors (Lipinski definition) is 1. The van der Waals surface area contributed by atoms with Crippen LogP contribution in [0.5, 0.6) is 0 Å². The molecule has 1 rings (SSSR count). The van der Waals surface area contributed by atoms with Crippen molar-refractivity contribution in [3.8, 4) is 0 Å². The molecule has 0 aliphatic carbocycles. The topological polar surface area (TPSA) is 81.5 Å². The van der Waals surface area contributed by atoms with Crippen molar-refractivity contribution in [3.63, 3.8) is 0 Å². The van der Waals surface area contributed by atoms with Gasteiger partial charge in [0.2, 0.25) is 0 Å². The number of rotatable bonds is 5. The molecule has 20 heavy (non-hydrogen) atoms. The number of amides is 1. The molecular formula is C11H11F3N2O4. The number of nitro benzene ring substituents is 1. The zero-order chi connectivity index (χ0) is 15.3. The summed E-state index contributed by atoms with van der Waals surface area (Å²) in [6.45, 7) is -0.394. The van der Waals surface area contributed by atoms with E-state index >= 15 is 0 Å². The Balaban J connectivity index is 2.61. The van der Waals surface area contributed by atoms with Crippen molar-refractivity contribution in [1.29, 1.82) is 0 Å². The van der Waals surface area contributed by atoms with Crippen molar-refractivity contribution in [2.45, 2.75) is 19.2 Å². The van der Waals surface area contributed by atoms with Crippen LogP contribution in [0.1, 0.15) is 6.92 Å². The lowest BCUT2D eigenvalue weighted by Gasteiger charge is -2.14. The summed E-state index contributed by atoms with van der Waals surface area (Å²) in [5.74, 6) is -0.824. The van der Waals surface area contributed by atoms with Crippen LogP contribution in [0.15, 0.2) is 24.3 Å². The zero-order valence-electron chi connectivity index (χ0n) is 10.3. The number of carbonyl (C=O) groups is 1. The standard InChI is InChI=1S/C11H11F3N2O4/c1-7(20-6-11(12,13)14)10(17)15-8-3-2-4-9(5-8)16(18)19/h2-5,7H,6H2,1H3,(H,15,17). The minimum absolute atomic E-state index is 0.103. The summed E-state index contributed by atoms with van der Waals surface area (Å²) in [5.41, 5.74) is -0.140. The van der Waals surface area contributed by atoms with Crippen molar-refractivity contribution in [2.24, 2.45) is 0 Å². The van der Waals surface area contributed by atoms with Crippen LogP contribution in [-0.2, 0) is 9.53 Å². The lowest BCUT2D eigenvalue weighted by atomic mass is 10.2. The fourth-order valence-electron chi connectivity index (χ4n) is 1.24. The third-order valence-corrected chi connectivity index (χ3v) is 2.19. The quantitative estimate of drug-likeness (QED) is 0.667. The molecule has 0 heterocycles. The van der Waals surface area contributed by atoms with Crippen LogP contribution < -0.4 is 5.32 Å². The van der Waals surface area contributed by atoms with Crippen LogP contribution in [0.4, 0.5) is 24.5 Å². The first kappa shape index (κ1) is 15.9. The Morgan fingerprint density at radius 1 is 1.50 bits per heavy atom. The van der Waals surface area contributed by atoms with Gasteiger partial charge in [0, 0.05) is 17.8 Å². The fraction of sp³-hybridized carbons (Fsp3) is 0.364. The van der Waals surface area contributed by atoms with Gasteiger partial charge in [0.1, 0.15) is 12.7 Å². The Morgan fingerprint density at radius 3 is 2.70 bits per heavy atom. The number of non-ortho nitro benzene ring substituents is 1. The minimum Gasteiger partial charge on any atom is -0.359 e. The largest absolute Gasteiger partial charge is 0.411 e. The molecule has 6 nitrogen and oxygen atoms in total. The number of ether oxygens (including phenoxy) is 1. The fourth-order valence-corrected chi connectivity index (χ4v) is 1.24. The highest BCUT2D eigenvalue weighted by atomic mass is 19.4. The first-order valence-electron chi connectivity index (χ1n) is 5.43. The molecule has 1 aromatic carbocycles. The molecule has 0 bridgehead atoms. The molecule has 1 unspecified atom stereocenters. The van der Waals surface area contributed by atoms with Crippen LogP contribution in [0.2, 0.25) is 0 Å².